The van der Waals surface area contributed by atoms with Crippen LogP contribution in [0.4, 0.5) is 21.9 Å². The van der Waals surface area contributed by atoms with Crippen molar-refractivity contribution in [2.24, 2.45) is 0 Å². The van der Waals surface area contributed by atoms with Gasteiger partial charge in [-0.05, 0) is 49.1 Å². The third kappa shape index (κ3) is 4.75. The van der Waals surface area contributed by atoms with Crippen LogP contribution < -0.4 is 15.5 Å². The maximum atomic E-state index is 12.4. The van der Waals surface area contributed by atoms with E-state index >= 15 is 0 Å². The standard InChI is InChI=1S/C20H23N3O3/c24-19(25)11-10-15-6-5-7-16(14-15)21-20(26)22-17-8-1-2-9-18(17)23-12-3-4-13-23/h1-2,5-9,14H,3-4,10-13H2,(H,24,25)(H2,21,22,26). The first-order valence-corrected chi connectivity index (χ1v) is 8.84. The molecule has 1 aliphatic rings. The van der Waals surface area contributed by atoms with Gasteiger partial charge >= 0.3 is 12.0 Å². The van der Waals surface area contributed by atoms with E-state index in [2.05, 4.69) is 15.5 Å². The van der Waals surface area contributed by atoms with Crippen LogP contribution in [0.1, 0.15) is 24.8 Å². The molecule has 1 saturated heterocycles. The quantitative estimate of drug-likeness (QED) is 0.734. The van der Waals surface area contributed by atoms with E-state index in [0.717, 1.165) is 30.0 Å². The van der Waals surface area contributed by atoms with E-state index in [4.69, 9.17) is 5.11 Å². The Morgan fingerprint density at radius 1 is 1.00 bits per heavy atom. The minimum atomic E-state index is -0.834. The number of aliphatic carboxylic acids is 1. The molecule has 2 aromatic rings. The summed E-state index contributed by atoms with van der Waals surface area (Å²) in [6.45, 7) is 2.01. The Morgan fingerprint density at radius 2 is 1.77 bits per heavy atom. The molecule has 0 spiro atoms. The molecule has 1 heterocycles. The van der Waals surface area contributed by atoms with Crippen LogP contribution in [0.15, 0.2) is 48.5 Å². The number of amides is 2. The lowest BCUT2D eigenvalue weighted by Gasteiger charge is -2.21. The summed E-state index contributed by atoms with van der Waals surface area (Å²) < 4.78 is 0. The van der Waals surface area contributed by atoms with Gasteiger partial charge in [-0.25, -0.2) is 4.79 Å². The van der Waals surface area contributed by atoms with E-state index in [1.54, 1.807) is 12.1 Å². The van der Waals surface area contributed by atoms with Gasteiger partial charge in [-0.15, -0.1) is 0 Å². The maximum Gasteiger partial charge on any atom is 0.323 e. The molecule has 0 bridgehead atoms. The number of nitrogens with one attached hydrogen (secondary N) is 2. The lowest BCUT2D eigenvalue weighted by Crippen LogP contribution is -2.23. The highest BCUT2D eigenvalue weighted by molar-refractivity contribution is 6.01. The fourth-order valence-electron chi connectivity index (χ4n) is 3.15. The van der Waals surface area contributed by atoms with Gasteiger partial charge in [0.05, 0.1) is 11.4 Å². The Morgan fingerprint density at radius 3 is 2.54 bits per heavy atom. The summed E-state index contributed by atoms with van der Waals surface area (Å²) in [6.07, 6.45) is 2.84. The number of carbonyl (C=O) groups excluding carboxylic acids is 1. The molecule has 6 heteroatoms. The van der Waals surface area contributed by atoms with Crippen LogP contribution in [-0.4, -0.2) is 30.2 Å². The average Bonchev–Trinajstić information content (AvgIpc) is 3.15. The van der Waals surface area contributed by atoms with Crippen molar-refractivity contribution in [2.45, 2.75) is 25.7 Å². The number of carbonyl (C=O) groups is 2. The second kappa shape index (κ2) is 8.38. The topological polar surface area (TPSA) is 81.7 Å². The van der Waals surface area contributed by atoms with Crippen LogP contribution in [0.2, 0.25) is 0 Å². The number of rotatable bonds is 6. The highest BCUT2D eigenvalue weighted by Crippen LogP contribution is 2.28. The Labute approximate surface area is 152 Å². The van der Waals surface area contributed by atoms with Gasteiger partial charge in [0, 0.05) is 25.2 Å². The van der Waals surface area contributed by atoms with Gasteiger partial charge in [-0.2, -0.15) is 0 Å². The van der Waals surface area contributed by atoms with E-state index in [0.29, 0.717) is 12.1 Å². The molecule has 1 aliphatic heterocycles. The molecule has 0 saturated carbocycles. The lowest BCUT2D eigenvalue weighted by atomic mass is 10.1. The number of carboxylic acids is 1. The van der Waals surface area contributed by atoms with Gasteiger partial charge in [-0.3, -0.25) is 4.79 Å². The molecule has 6 nitrogen and oxygen atoms in total. The average molecular weight is 353 g/mol. The maximum absolute atomic E-state index is 12.4. The number of urea groups is 1. The molecular formula is C20H23N3O3. The summed E-state index contributed by atoms with van der Waals surface area (Å²) >= 11 is 0. The SMILES string of the molecule is O=C(O)CCc1cccc(NC(=O)Nc2ccccc2N2CCCC2)c1. The molecule has 3 rings (SSSR count). The van der Waals surface area contributed by atoms with E-state index < -0.39 is 5.97 Å². The summed E-state index contributed by atoms with van der Waals surface area (Å²) in [4.78, 5) is 25.4. The summed E-state index contributed by atoms with van der Waals surface area (Å²) in [6, 6.07) is 14.7. The number of para-hydroxylation sites is 2. The van der Waals surface area contributed by atoms with Crippen LogP contribution in [0.25, 0.3) is 0 Å². The Balaban J connectivity index is 1.64. The zero-order chi connectivity index (χ0) is 18.4. The van der Waals surface area contributed by atoms with Gasteiger partial charge in [0.25, 0.3) is 0 Å². The van der Waals surface area contributed by atoms with E-state index in [1.165, 1.54) is 12.8 Å². The predicted octanol–water partition coefficient (Wildman–Crippen LogP) is 3.95. The first-order valence-electron chi connectivity index (χ1n) is 8.84. The number of anilines is 3. The molecule has 0 aromatic heterocycles. The molecule has 0 atom stereocenters. The molecule has 0 radical (unpaired) electrons. The van der Waals surface area contributed by atoms with Crippen molar-refractivity contribution in [2.75, 3.05) is 28.6 Å². The van der Waals surface area contributed by atoms with E-state index in [9.17, 15) is 9.59 Å². The predicted molar refractivity (Wildman–Crippen MR) is 103 cm³/mol. The van der Waals surface area contributed by atoms with Gasteiger partial charge in [0.15, 0.2) is 0 Å². The first kappa shape index (κ1) is 17.8. The summed E-state index contributed by atoms with van der Waals surface area (Å²) in [5.41, 5.74) is 3.34. The monoisotopic (exact) mass is 353 g/mol. The second-order valence-electron chi connectivity index (χ2n) is 6.38. The van der Waals surface area contributed by atoms with Crippen LogP contribution in [0.5, 0.6) is 0 Å². The van der Waals surface area contributed by atoms with Crippen molar-refractivity contribution in [3.05, 3.63) is 54.1 Å². The van der Waals surface area contributed by atoms with Crippen LogP contribution in [0.3, 0.4) is 0 Å². The molecule has 2 aromatic carbocycles. The largest absolute Gasteiger partial charge is 0.481 e. The number of aryl methyl sites for hydroxylation is 1. The molecular weight excluding hydrogens is 330 g/mol. The van der Waals surface area contributed by atoms with Crippen LogP contribution in [0, 0.1) is 0 Å². The van der Waals surface area contributed by atoms with Gasteiger partial charge in [0.2, 0.25) is 0 Å². The summed E-state index contributed by atoms with van der Waals surface area (Å²) in [7, 11) is 0. The van der Waals surface area contributed by atoms with Crippen molar-refractivity contribution in [1.82, 2.24) is 0 Å². The fraction of sp³-hybridized carbons (Fsp3) is 0.300. The smallest absolute Gasteiger partial charge is 0.323 e. The minimum Gasteiger partial charge on any atom is -0.481 e. The Kier molecular flexibility index (Phi) is 5.73. The third-order valence-corrected chi connectivity index (χ3v) is 4.41. The molecule has 136 valence electrons. The molecule has 26 heavy (non-hydrogen) atoms. The zero-order valence-corrected chi connectivity index (χ0v) is 14.6. The summed E-state index contributed by atoms with van der Waals surface area (Å²) in [5, 5.41) is 14.5. The molecule has 2 amide bonds. The number of hydrogen-bond acceptors (Lipinski definition) is 3. The highest BCUT2D eigenvalue weighted by atomic mass is 16.4. The van der Waals surface area contributed by atoms with Crippen LogP contribution in [-0.2, 0) is 11.2 Å². The van der Waals surface area contributed by atoms with Crippen LogP contribution >= 0.6 is 0 Å². The molecule has 0 unspecified atom stereocenters. The van der Waals surface area contributed by atoms with E-state index in [-0.39, 0.29) is 12.5 Å². The van der Waals surface area contributed by atoms with Crippen molar-refractivity contribution < 1.29 is 14.7 Å². The van der Waals surface area contributed by atoms with E-state index in [1.807, 2.05) is 36.4 Å². The number of carboxylic acid groups (broad SMARTS) is 1. The van der Waals surface area contributed by atoms with Gasteiger partial charge in [0.1, 0.15) is 0 Å². The molecule has 0 aliphatic carbocycles. The number of benzene rings is 2. The molecule has 1 fully saturated rings. The lowest BCUT2D eigenvalue weighted by molar-refractivity contribution is -0.136. The normalized spacial score (nSPS) is 13.5. The summed E-state index contributed by atoms with van der Waals surface area (Å²) in [5.74, 6) is -0.834. The third-order valence-electron chi connectivity index (χ3n) is 4.41. The number of hydrogen-bond donors (Lipinski definition) is 3. The van der Waals surface area contributed by atoms with Crippen molar-refractivity contribution >= 4 is 29.1 Å². The van der Waals surface area contributed by atoms with Crippen molar-refractivity contribution in [3.63, 3.8) is 0 Å². The van der Waals surface area contributed by atoms with Crippen molar-refractivity contribution in [1.29, 1.82) is 0 Å². The van der Waals surface area contributed by atoms with Gasteiger partial charge in [-0.1, -0.05) is 24.3 Å². The Hall–Kier alpha value is -3.02. The minimum absolute atomic E-state index is 0.0683. The number of nitrogens with zero attached hydrogens (tertiary/aromatic N) is 1. The second-order valence-corrected chi connectivity index (χ2v) is 6.38. The Bertz CT molecular complexity index is 785. The highest BCUT2D eigenvalue weighted by Gasteiger charge is 2.16. The van der Waals surface area contributed by atoms with Gasteiger partial charge < -0.3 is 20.6 Å². The first-order chi connectivity index (χ1) is 12.6. The fourth-order valence-corrected chi connectivity index (χ4v) is 3.15. The molecule has 3 N–H and O–H groups in total. The van der Waals surface area contributed by atoms with Crippen molar-refractivity contribution in [3.8, 4) is 0 Å². The zero-order valence-electron chi connectivity index (χ0n) is 14.6.